The number of carbonyl (C=O) groups excluding carboxylic acids is 2. The molecule has 2 N–H and O–H groups in total. The van der Waals surface area contributed by atoms with Gasteiger partial charge in [-0.3, -0.25) is 19.7 Å². The highest BCUT2D eigenvalue weighted by molar-refractivity contribution is 6.03. The zero-order valence-electron chi connectivity index (χ0n) is 17.2. The summed E-state index contributed by atoms with van der Waals surface area (Å²) in [5.41, 5.74) is 3.49. The summed E-state index contributed by atoms with van der Waals surface area (Å²) in [5.74, 6) is -1.65. The zero-order valence-corrected chi connectivity index (χ0v) is 17.2. The van der Waals surface area contributed by atoms with E-state index in [2.05, 4.69) is 15.8 Å². The quantitative estimate of drug-likeness (QED) is 0.222. The van der Waals surface area contributed by atoms with Gasteiger partial charge in [0, 0.05) is 17.3 Å². The molecular weight excluding hydrogens is 431 g/mol. The minimum Gasteiger partial charge on any atom is -0.482 e. The van der Waals surface area contributed by atoms with Crippen LogP contribution in [0.4, 0.5) is 15.8 Å². The topological polar surface area (TPSA) is 123 Å². The highest BCUT2D eigenvalue weighted by Gasteiger charge is 2.16. The number of halogens is 1. The minimum atomic E-state index is -0.692. The van der Waals surface area contributed by atoms with Crippen LogP contribution in [0.5, 0.6) is 5.75 Å². The molecule has 2 amide bonds. The highest BCUT2D eigenvalue weighted by Crippen LogP contribution is 2.28. The third-order valence-corrected chi connectivity index (χ3v) is 4.27. The Hall–Kier alpha value is -4.60. The smallest absolute Gasteiger partial charge is 0.311 e. The maximum atomic E-state index is 12.9. The molecule has 3 aromatic rings. The first kappa shape index (κ1) is 23.1. The molecule has 0 heterocycles. The number of hydrogen-bond donors (Lipinski definition) is 2. The van der Waals surface area contributed by atoms with Crippen molar-refractivity contribution >= 4 is 29.4 Å². The van der Waals surface area contributed by atoms with E-state index in [1.165, 1.54) is 42.6 Å². The van der Waals surface area contributed by atoms with Crippen molar-refractivity contribution in [1.29, 1.82) is 0 Å². The predicted octanol–water partition coefficient (Wildman–Crippen LogP) is 3.79. The lowest BCUT2D eigenvalue weighted by Gasteiger charge is -2.07. The van der Waals surface area contributed by atoms with Crippen molar-refractivity contribution in [1.82, 2.24) is 5.43 Å². The van der Waals surface area contributed by atoms with Gasteiger partial charge < -0.3 is 10.1 Å². The Morgan fingerprint density at radius 3 is 2.45 bits per heavy atom. The normalized spacial score (nSPS) is 10.6. The summed E-state index contributed by atoms with van der Waals surface area (Å²) in [6.45, 7) is 0.172. The average Bonchev–Trinajstić information content (AvgIpc) is 2.80. The van der Waals surface area contributed by atoms with E-state index in [0.717, 1.165) is 5.56 Å². The molecule has 3 rings (SSSR count). The van der Waals surface area contributed by atoms with Crippen LogP contribution in [-0.4, -0.2) is 23.0 Å². The molecule has 0 saturated heterocycles. The number of anilines is 1. The summed E-state index contributed by atoms with van der Waals surface area (Å²) in [6, 6.07) is 18.6. The van der Waals surface area contributed by atoms with Gasteiger partial charge in [-0.05, 0) is 42.0 Å². The number of hydrazone groups is 1. The second kappa shape index (κ2) is 11.1. The monoisotopic (exact) mass is 450 g/mol. The van der Waals surface area contributed by atoms with Gasteiger partial charge in [-0.25, -0.2) is 9.82 Å². The fourth-order valence-corrected chi connectivity index (χ4v) is 2.72. The molecule has 0 aliphatic carbocycles. The lowest BCUT2D eigenvalue weighted by atomic mass is 10.2. The first-order valence-electron chi connectivity index (χ1n) is 9.73. The van der Waals surface area contributed by atoms with E-state index in [-0.39, 0.29) is 18.0 Å². The van der Waals surface area contributed by atoms with Gasteiger partial charge >= 0.3 is 5.69 Å². The third kappa shape index (κ3) is 7.24. The maximum Gasteiger partial charge on any atom is 0.311 e. The molecule has 0 spiro atoms. The van der Waals surface area contributed by atoms with Gasteiger partial charge in [0.1, 0.15) is 18.8 Å². The third-order valence-electron chi connectivity index (χ3n) is 4.27. The number of nitrogens with zero attached hydrogens (tertiary/aromatic N) is 2. The molecule has 3 aromatic carbocycles. The second-order valence-electron chi connectivity index (χ2n) is 6.78. The first-order chi connectivity index (χ1) is 15.9. The molecule has 0 aromatic heterocycles. The molecule has 9 nitrogen and oxygen atoms in total. The van der Waals surface area contributed by atoms with Gasteiger partial charge in [0.25, 0.3) is 0 Å². The number of nitro groups is 1. The molecule has 0 unspecified atom stereocenters. The zero-order chi connectivity index (χ0) is 23.6. The fourth-order valence-electron chi connectivity index (χ4n) is 2.72. The van der Waals surface area contributed by atoms with Crippen molar-refractivity contribution in [2.75, 3.05) is 5.32 Å². The molecule has 0 bridgehead atoms. The van der Waals surface area contributed by atoms with E-state index in [0.29, 0.717) is 11.3 Å². The van der Waals surface area contributed by atoms with E-state index in [4.69, 9.17) is 4.74 Å². The Morgan fingerprint density at radius 1 is 1.03 bits per heavy atom. The largest absolute Gasteiger partial charge is 0.482 e. The predicted molar refractivity (Wildman–Crippen MR) is 119 cm³/mol. The van der Waals surface area contributed by atoms with E-state index >= 15 is 0 Å². The molecule has 33 heavy (non-hydrogen) atoms. The molecule has 0 atom stereocenters. The standard InChI is InChI=1S/C23H19FN4O5/c24-18-7-9-19(10-8-18)26-22(29)13-23(30)27-25-14-17-6-11-21(20(12-17)28(31)32)33-15-16-4-2-1-3-5-16/h1-12,14H,13,15H2,(H,26,29)(H,27,30). The van der Waals surface area contributed by atoms with Crippen LogP contribution < -0.4 is 15.5 Å². The van der Waals surface area contributed by atoms with Crippen molar-refractivity contribution in [3.05, 3.63) is 99.9 Å². The Morgan fingerprint density at radius 2 is 1.76 bits per heavy atom. The molecule has 0 aliphatic heterocycles. The van der Waals surface area contributed by atoms with Crippen molar-refractivity contribution in [3.8, 4) is 5.75 Å². The number of ether oxygens (including phenoxy) is 1. The Balaban J connectivity index is 1.54. The van der Waals surface area contributed by atoms with E-state index < -0.39 is 29.0 Å². The van der Waals surface area contributed by atoms with Gasteiger partial charge in [0.2, 0.25) is 11.8 Å². The molecule has 168 valence electrons. The summed E-state index contributed by atoms with van der Waals surface area (Å²) in [4.78, 5) is 34.5. The molecule has 0 fully saturated rings. The van der Waals surface area contributed by atoms with Crippen LogP contribution in [0, 0.1) is 15.9 Å². The van der Waals surface area contributed by atoms with E-state index in [9.17, 15) is 24.1 Å². The molecule has 0 aliphatic rings. The Labute approximate surface area is 188 Å². The van der Waals surface area contributed by atoms with Crippen molar-refractivity contribution < 1.29 is 23.6 Å². The van der Waals surface area contributed by atoms with Gasteiger partial charge in [0.15, 0.2) is 5.75 Å². The van der Waals surface area contributed by atoms with Crippen LogP contribution in [0.2, 0.25) is 0 Å². The number of nitro benzene ring substituents is 1. The molecule has 0 saturated carbocycles. The van der Waals surface area contributed by atoms with Gasteiger partial charge in [-0.1, -0.05) is 30.3 Å². The van der Waals surface area contributed by atoms with Crippen LogP contribution in [0.3, 0.4) is 0 Å². The van der Waals surface area contributed by atoms with Gasteiger partial charge in [-0.2, -0.15) is 5.10 Å². The Kier molecular flexibility index (Phi) is 7.79. The van der Waals surface area contributed by atoms with Crippen LogP contribution in [0.25, 0.3) is 0 Å². The fraction of sp³-hybridized carbons (Fsp3) is 0.0870. The van der Waals surface area contributed by atoms with Gasteiger partial charge in [0.05, 0.1) is 11.1 Å². The number of amides is 2. The first-order valence-corrected chi connectivity index (χ1v) is 9.73. The maximum absolute atomic E-state index is 12.9. The van der Waals surface area contributed by atoms with Crippen molar-refractivity contribution in [2.24, 2.45) is 5.10 Å². The number of benzene rings is 3. The highest BCUT2D eigenvalue weighted by atomic mass is 19.1. The number of rotatable bonds is 9. The average molecular weight is 450 g/mol. The van der Waals surface area contributed by atoms with Crippen LogP contribution in [0.15, 0.2) is 77.9 Å². The van der Waals surface area contributed by atoms with Crippen LogP contribution in [-0.2, 0) is 16.2 Å². The molecule has 10 heteroatoms. The van der Waals surface area contributed by atoms with E-state index in [1.54, 1.807) is 6.07 Å². The van der Waals surface area contributed by atoms with Crippen LogP contribution >= 0.6 is 0 Å². The lowest BCUT2D eigenvalue weighted by molar-refractivity contribution is -0.385. The molecular formula is C23H19FN4O5. The minimum absolute atomic E-state index is 0.0995. The van der Waals surface area contributed by atoms with Crippen molar-refractivity contribution in [3.63, 3.8) is 0 Å². The summed E-state index contributed by atoms with van der Waals surface area (Å²) in [7, 11) is 0. The summed E-state index contributed by atoms with van der Waals surface area (Å²) >= 11 is 0. The number of nitrogens with one attached hydrogen (secondary N) is 2. The summed E-state index contributed by atoms with van der Waals surface area (Å²) in [6.07, 6.45) is 0.699. The van der Waals surface area contributed by atoms with Crippen LogP contribution in [0.1, 0.15) is 17.5 Å². The number of hydrogen-bond acceptors (Lipinski definition) is 6. The van der Waals surface area contributed by atoms with Gasteiger partial charge in [-0.15, -0.1) is 0 Å². The van der Waals surface area contributed by atoms with E-state index in [1.807, 2.05) is 30.3 Å². The SMILES string of the molecule is O=C(CC(=O)Nc1ccc(F)cc1)NN=Cc1ccc(OCc2ccccc2)c([N+](=O)[O-])c1. The summed E-state index contributed by atoms with van der Waals surface area (Å²) in [5, 5.41) is 17.6. The Bertz CT molecular complexity index is 1170. The number of carbonyl (C=O) groups is 2. The molecule has 0 radical (unpaired) electrons. The van der Waals surface area contributed by atoms with Crippen molar-refractivity contribution in [2.45, 2.75) is 13.0 Å². The summed E-state index contributed by atoms with van der Waals surface area (Å²) < 4.78 is 18.4. The second-order valence-corrected chi connectivity index (χ2v) is 6.78. The lowest BCUT2D eigenvalue weighted by Crippen LogP contribution is -2.24.